The predicted molar refractivity (Wildman–Crippen MR) is 178 cm³/mol. The Balaban J connectivity index is 1.75. The number of ether oxygens (including phenoxy) is 4. The maximum absolute atomic E-state index is 15.8. The third-order valence-electron chi connectivity index (χ3n) is 7.84. The average molecular weight is 649 g/mol. The molecular formula is C35H43BFN2O6P. The van der Waals surface area contributed by atoms with Crippen LogP contribution in [0, 0.1) is 11.3 Å². The zero-order chi connectivity index (χ0) is 33.3. The highest BCUT2D eigenvalue weighted by molar-refractivity contribution is 7.44. The van der Waals surface area contributed by atoms with Crippen LogP contribution in [0.15, 0.2) is 78.9 Å². The molecule has 46 heavy (non-hydrogen) atoms. The summed E-state index contributed by atoms with van der Waals surface area (Å²) in [6, 6.07) is 26.1. The highest BCUT2D eigenvalue weighted by Gasteiger charge is 2.48. The Morgan fingerprint density at radius 3 is 1.89 bits per heavy atom. The molecule has 0 N–H and O–H groups in total. The summed E-state index contributed by atoms with van der Waals surface area (Å²) < 4.78 is 54.3. The van der Waals surface area contributed by atoms with Gasteiger partial charge in [-0.15, -0.1) is 0 Å². The molecule has 0 aliphatic carbocycles. The second kappa shape index (κ2) is 16.7. The standard InChI is InChI=1S/C35H43BFN2O6P/c1-24(2)39(25(3)4)46(43-22-10-21-38)45-33-31(44-34(36)32(33)37)23-42-35(26-11-8-7-9-12-26,27-13-17-29(40-5)18-14-27)28-15-19-30(41-6)20-16-28/h7-9,11-20,24-25,31-34H,10,22-23H2,1-6H3/t31-,32-,33-,34-,46?/m1/s1. The van der Waals surface area contributed by atoms with Crippen LogP contribution in [-0.2, 0) is 24.1 Å². The number of benzene rings is 3. The molecule has 3 aromatic rings. The second-order valence-corrected chi connectivity index (χ2v) is 12.9. The molecule has 1 aliphatic rings. The molecule has 1 saturated heterocycles. The zero-order valence-electron chi connectivity index (χ0n) is 27.3. The molecule has 8 nitrogen and oxygen atoms in total. The summed E-state index contributed by atoms with van der Waals surface area (Å²) in [5.74, 6) is 1.40. The molecule has 4 rings (SSSR count). The van der Waals surface area contributed by atoms with Crippen LogP contribution in [0.25, 0.3) is 0 Å². The molecule has 0 amide bonds. The molecule has 11 heteroatoms. The topological polar surface area (TPSA) is 82.4 Å². The van der Waals surface area contributed by atoms with Crippen LogP contribution >= 0.6 is 8.53 Å². The maximum atomic E-state index is 15.8. The monoisotopic (exact) mass is 648 g/mol. The van der Waals surface area contributed by atoms with Crippen molar-refractivity contribution in [2.45, 2.75) is 76.2 Å². The normalized spacial score (nSPS) is 20.6. The van der Waals surface area contributed by atoms with Crippen LogP contribution in [0.1, 0.15) is 50.8 Å². The zero-order valence-corrected chi connectivity index (χ0v) is 28.2. The molecule has 0 bridgehead atoms. The molecule has 2 radical (unpaired) electrons. The van der Waals surface area contributed by atoms with Gasteiger partial charge in [-0.25, -0.2) is 9.06 Å². The first-order chi connectivity index (χ1) is 22.2. The van der Waals surface area contributed by atoms with Gasteiger partial charge in [0, 0.05) is 12.1 Å². The highest BCUT2D eigenvalue weighted by Crippen LogP contribution is 2.50. The number of rotatable bonds is 16. The van der Waals surface area contributed by atoms with Crippen molar-refractivity contribution < 1.29 is 32.4 Å². The van der Waals surface area contributed by atoms with Gasteiger partial charge in [-0.05, 0) is 68.7 Å². The van der Waals surface area contributed by atoms with Gasteiger partial charge in [0.15, 0.2) is 0 Å². The van der Waals surface area contributed by atoms with Crippen molar-refractivity contribution in [3.05, 3.63) is 95.6 Å². The van der Waals surface area contributed by atoms with E-state index in [0.717, 1.165) is 16.7 Å². The van der Waals surface area contributed by atoms with E-state index in [-0.39, 0.29) is 31.7 Å². The number of halogens is 1. The fourth-order valence-corrected chi connectivity index (χ4v) is 7.45. The second-order valence-electron chi connectivity index (χ2n) is 11.5. The van der Waals surface area contributed by atoms with Gasteiger partial charge in [0.2, 0.25) is 0 Å². The maximum Gasteiger partial charge on any atom is 0.259 e. The van der Waals surface area contributed by atoms with Gasteiger partial charge in [0.1, 0.15) is 43.3 Å². The first-order valence-corrected chi connectivity index (χ1v) is 16.6. The minimum atomic E-state index is -1.76. The lowest BCUT2D eigenvalue weighted by Gasteiger charge is -2.39. The van der Waals surface area contributed by atoms with Crippen molar-refractivity contribution in [1.29, 1.82) is 5.26 Å². The van der Waals surface area contributed by atoms with Crippen LogP contribution in [0.2, 0.25) is 0 Å². The van der Waals surface area contributed by atoms with E-state index in [1.165, 1.54) is 0 Å². The summed E-state index contributed by atoms with van der Waals surface area (Å²) in [5, 5.41) is 9.12. The van der Waals surface area contributed by atoms with E-state index < -0.39 is 38.5 Å². The number of hydrogen-bond acceptors (Lipinski definition) is 8. The van der Waals surface area contributed by atoms with Gasteiger partial charge in [-0.3, -0.25) is 0 Å². The Hall–Kier alpha value is -3.03. The lowest BCUT2D eigenvalue weighted by atomic mass is 9.80. The fraction of sp³-hybridized carbons (Fsp3) is 0.457. The van der Waals surface area contributed by atoms with Crippen molar-refractivity contribution in [1.82, 2.24) is 4.67 Å². The molecule has 244 valence electrons. The number of nitrogens with zero attached hydrogens (tertiary/aromatic N) is 2. The van der Waals surface area contributed by atoms with E-state index in [1.807, 2.05) is 111 Å². The number of methoxy groups -OCH3 is 2. The van der Waals surface area contributed by atoms with Gasteiger partial charge in [-0.1, -0.05) is 54.6 Å². The minimum absolute atomic E-state index is 0.0350. The first kappa shape index (κ1) is 35.8. The summed E-state index contributed by atoms with van der Waals surface area (Å²) in [6.45, 7) is 8.19. The molecule has 5 atom stereocenters. The number of nitriles is 1. The molecule has 0 spiro atoms. The van der Waals surface area contributed by atoms with Crippen LogP contribution < -0.4 is 9.47 Å². The largest absolute Gasteiger partial charge is 0.497 e. The molecular weight excluding hydrogens is 605 g/mol. The van der Waals surface area contributed by atoms with E-state index in [1.54, 1.807) is 14.2 Å². The third-order valence-corrected chi connectivity index (χ3v) is 9.97. The molecule has 1 fully saturated rings. The summed E-state index contributed by atoms with van der Waals surface area (Å²) >= 11 is 0. The SMILES string of the molecule is [B][C@@H]1O[C@H](COC(c2ccccc2)(c2ccc(OC)cc2)c2ccc(OC)cc2)[C@@H](OP(OCCC#N)N(C(C)C)C(C)C)[C@H]1F. The summed E-state index contributed by atoms with van der Waals surface area (Å²) in [6.07, 6.45) is -3.40. The highest BCUT2D eigenvalue weighted by atomic mass is 31.2. The molecule has 1 aliphatic heterocycles. The average Bonchev–Trinajstić information content (AvgIpc) is 3.33. The Morgan fingerprint density at radius 1 is 0.891 bits per heavy atom. The van der Waals surface area contributed by atoms with Crippen LogP contribution in [-0.4, -0.2) is 76.4 Å². The first-order valence-electron chi connectivity index (χ1n) is 15.4. The van der Waals surface area contributed by atoms with E-state index in [0.29, 0.717) is 11.5 Å². The Morgan fingerprint density at radius 2 is 1.41 bits per heavy atom. The smallest absolute Gasteiger partial charge is 0.259 e. The molecule has 0 aromatic heterocycles. The van der Waals surface area contributed by atoms with Gasteiger partial charge < -0.3 is 28.0 Å². The van der Waals surface area contributed by atoms with Gasteiger partial charge >= 0.3 is 0 Å². The molecule has 1 unspecified atom stereocenters. The quantitative estimate of drug-likeness (QED) is 0.0718. The number of alkyl halides is 1. The Kier molecular flexibility index (Phi) is 13.0. The Bertz CT molecular complexity index is 1340. The van der Waals surface area contributed by atoms with Gasteiger partial charge in [0.05, 0.1) is 45.9 Å². The molecule has 0 saturated carbocycles. The van der Waals surface area contributed by atoms with Crippen molar-refractivity contribution in [2.24, 2.45) is 0 Å². The van der Waals surface area contributed by atoms with Crippen LogP contribution in [0.3, 0.4) is 0 Å². The van der Waals surface area contributed by atoms with Gasteiger partial charge in [-0.2, -0.15) is 5.26 Å². The molecule has 1 heterocycles. The summed E-state index contributed by atoms with van der Waals surface area (Å²) in [4.78, 5) is 0. The summed E-state index contributed by atoms with van der Waals surface area (Å²) in [7, 11) is 7.62. The van der Waals surface area contributed by atoms with E-state index in [4.69, 9.17) is 41.1 Å². The Labute approximate surface area is 275 Å². The van der Waals surface area contributed by atoms with Crippen LogP contribution in [0.5, 0.6) is 11.5 Å². The molecule has 3 aromatic carbocycles. The van der Waals surface area contributed by atoms with E-state index in [2.05, 4.69) is 6.07 Å². The fourth-order valence-electron chi connectivity index (χ4n) is 5.69. The van der Waals surface area contributed by atoms with Crippen molar-refractivity contribution >= 4 is 16.4 Å². The minimum Gasteiger partial charge on any atom is -0.497 e. The van der Waals surface area contributed by atoms with Crippen molar-refractivity contribution in [3.63, 3.8) is 0 Å². The van der Waals surface area contributed by atoms with E-state index >= 15 is 4.39 Å². The van der Waals surface area contributed by atoms with Gasteiger partial charge in [0.25, 0.3) is 8.53 Å². The van der Waals surface area contributed by atoms with Crippen molar-refractivity contribution in [3.8, 4) is 17.6 Å². The number of hydrogen-bond donors (Lipinski definition) is 0. The lowest BCUT2D eigenvalue weighted by Crippen LogP contribution is -2.41. The lowest BCUT2D eigenvalue weighted by molar-refractivity contribution is -0.0718. The third kappa shape index (κ3) is 8.09. The van der Waals surface area contributed by atoms with Crippen molar-refractivity contribution in [2.75, 3.05) is 27.4 Å². The predicted octanol–water partition coefficient (Wildman–Crippen LogP) is 6.90. The summed E-state index contributed by atoms with van der Waals surface area (Å²) in [5.41, 5.74) is 1.38. The van der Waals surface area contributed by atoms with Crippen LogP contribution in [0.4, 0.5) is 4.39 Å². The van der Waals surface area contributed by atoms with E-state index in [9.17, 15) is 0 Å².